The standard InChI is InChI=1S/C15H20N2OS/c1-10(2)5-6-16-15(18)13-7-11-8-17(12-3-4-12)9-14(11)19-13/h7-10,12H,3-6H2,1-2H3,(H,16,18). The van der Waals surface area contributed by atoms with Gasteiger partial charge >= 0.3 is 0 Å². The van der Waals surface area contributed by atoms with Gasteiger partial charge in [-0.05, 0) is 31.2 Å². The van der Waals surface area contributed by atoms with E-state index in [1.165, 1.54) is 22.9 Å². The lowest BCUT2D eigenvalue weighted by Gasteiger charge is -2.05. The van der Waals surface area contributed by atoms with Crippen molar-refractivity contribution in [1.82, 2.24) is 9.88 Å². The van der Waals surface area contributed by atoms with E-state index in [0.717, 1.165) is 17.8 Å². The van der Waals surface area contributed by atoms with Crippen molar-refractivity contribution >= 4 is 27.3 Å². The number of amides is 1. The van der Waals surface area contributed by atoms with E-state index in [4.69, 9.17) is 0 Å². The summed E-state index contributed by atoms with van der Waals surface area (Å²) in [5, 5.41) is 4.20. The van der Waals surface area contributed by atoms with Crippen LogP contribution in [0.25, 0.3) is 10.1 Å². The highest BCUT2D eigenvalue weighted by Gasteiger charge is 2.23. The fourth-order valence-corrected chi connectivity index (χ4v) is 3.20. The number of fused-ring (bicyclic) bond motifs is 1. The monoisotopic (exact) mass is 276 g/mol. The van der Waals surface area contributed by atoms with Crippen molar-refractivity contribution in [2.45, 2.75) is 39.2 Å². The van der Waals surface area contributed by atoms with Crippen molar-refractivity contribution in [3.63, 3.8) is 0 Å². The van der Waals surface area contributed by atoms with Crippen LogP contribution in [0.1, 0.15) is 48.8 Å². The first-order chi connectivity index (χ1) is 9.13. The van der Waals surface area contributed by atoms with Gasteiger partial charge in [0.25, 0.3) is 5.91 Å². The van der Waals surface area contributed by atoms with Gasteiger partial charge in [0, 0.05) is 30.4 Å². The van der Waals surface area contributed by atoms with Crippen LogP contribution in [-0.4, -0.2) is 17.0 Å². The molecule has 19 heavy (non-hydrogen) atoms. The van der Waals surface area contributed by atoms with Crippen molar-refractivity contribution in [3.8, 4) is 0 Å². The summed E-state index contributed by atoms with van der Waals surface area (Å²) in [7, 11) is 0. The minimum atomic E-state index is 0.0693. The molecule has 0 spiro atoms. The fourth-order valence-electron chi connectivity index (χ4n) is 2.21. The van der Waals surface area contributed by atoms with Crippen molar-refractivity contribution in [3.05, 3.63) is 23.3 Å². The Morgan fingerprint density at radius 1 is 1.47 bits per heavy atom. The summed E-state index contributed by atoms with van der Waals surface area (Å²) in [5.74, 6) is 0.697. The number of nitrogens with zero attached hydrogens (tertiary/aromatic N) is 1. The molecule has 0 bridgehead atoms. The van der Waals surface area contributed by atoms with E-state index in [1.807, 2.05) is 6.07 Å². The van der Waals surface area contributed by atoms with E-state index in [1.54, 1.807) is 11.3 Å². The van der Waals surface area contributed by atoms with Crippen LogP contribution in [0.5, 0.6) is 0 Å². The van der Waals surface area contributed by atoms with Crippen LogP contribution < -0.4 is 5.32 Å². The van der Waals surface area contributed by atoms with Crippen LogP contribution >= 0.6 is 11.3 Å². The predicted octanol–water partition coefficient (Wildman–Crippen LogP) is 3.81. The summed E-state index contributed by atoms with van der Waals surface area (Å²) in [6.07, 6.45) is 7.98. The van der Waals surface area contributed by atoms with Gasteiger partial charge in [-0.2, -0.15) is 0 Å². The van der Waals surface area contributed by atoms with Gasteiger partial charge in [0.05, 0.1) is 9.58 Å². The molecule has 0 aromatic carbocycles. The minimum Gasteiger partial charge on any atom is -0.351 e. The van der Waals surface area contributed by atoms with Gasteiger partial charge in [-0.1, -0.05) is 13.8 Å². The first-order valence-corrected chi connectivity index (χ1v) is 7.84. The van der Waals surface area contributed by atoms with Crippen molar-refractivity contribution in [1.29, 1.82) is 0 Å². The Morgan fingerprint density at radius 3 is 2.89 bits per heavy atom. The number of thiophene rings is 1. The summed E-state index contributed by atoms with van der Waals surface area (Å²) in [6, 6.07) is 2.73. The van der Waals surface area contributed by atoms with E-state index in [9.17, 15) is 4.79 Å². The SMILES string of the molecule is CC(C)CCNC(=O)c1cc2cn(C3CC3)cc2s1. The molecule has 3 rings (SSSR count). The van der Waals surface area contributed by atoms with Gasteiger partial charge in [0.2, 0.25) is 0 Å². The average molecular weight is 276 g/mol. The summed E-state index contributed by atoms with van der Waals surface area (Å²) >= 11 is 1.60. The molecule has 0 radical (unpaired) electrons. The first-order valence-electron chi connectivity index (χ1n) is 7.02. The summed E-state index contributed by atoms with van der Waals surface area (Å²) in [4.78, 5) is 12.8. The minimum absolute atomic E-state index is 0.0693. The Morgan fingerprint density at radius 2 is 2.26 bits per heavy atom. The molecular weight excluding hydrogens is 256 g/mol. The van der Waals surface area contributed by atoms with Crippen LogP contribution in [0.2, 0.25) is 0 Å². The molecule has 0 aliphatic heterocycles. The molecule has 2 aromatic heterocycles. The van der Waals surface area contributed by atoms with Crippen molar-refractivity contribution in [2.75, 3.05) is 6.54 Å². The summed E-state index contributed by atoms with van der Waals surface area (Å²) in [6.45, 7) is 5.10. The maximum atomic E-state index is 12.0. The largest absolute Gasteiger partial charge is 0.351 e. The Balaban J connectivity index is 1.67. The first kappa shape index (κ1) is 12.7. The van der Waals surface area contributed by atoms with Crippen LogP contribution in [0, 0.1) is 5.92 Å². The van der Waals surface area contributed by atoms with Crippen molar-refractivity contribution < 1.29 is 4.79 Å². The molecule has 0 unspecified atom stereocenters. The molecule has 1 N–H and O–H groups in total. The smallest absolute Gasteiger partial charge is 0.261 e. The van der Waals surface area contributed by atoms with Crippen LogP contribution in [-0.2, 0) is 0 Å². The molecule has 102 valence electrons. The number of hydrogen-bond donors (Lipinski definition) is 1. The number of hydrogen-bond acceptors (Lipinski definition) is 2. The summed E-state index contributed by atoms with van der Waals surface area (Å²) in [5.41, 5.74) is 0. The lowest BCUT2D eigenvalue weighted by molar-refractivity contribution is 0.0956. The molecule has 1 saturated carbocycles. The molecule has 0 saturated heterocycles. The maximum Gasteiger partial charge on any atom is 0.261 e. The van der Waals surface area contributed by atoms with E-state index in [2.05, 4.69) is 36.1 Å². The topological polar surface area (TPSA) is 34.0 Å². The highest BCUT2D eigenvalue weighted by atomic mass is 32.1. The number of nitrogens with one attached hydrogen (secondary N) is 1. The second-order valence-corrected chi connectivity index (χ2v) is 6.89. The Hall–Kier alpha value is -1.29. The second kappa shape index (κ2) is 5.00. The molecule has 3 nitrogen and oxygen atoms in total. The zero-order chi connectivity index (χ0) is 13.4. The third kappa shape index (κ3) is 2.84. The van der Waals surface area contributed by atoms with E-state index >= 15 is 0 Å². The van der Waals surface area contributed by atoms with Gasteiger partial charge in [-0.15, -0.1) is 11.3 Å². The predicted molar refractivity (Wildman–Crippen MR) is 79.9 cm³/mol. The molecule has 1 aliphatic rings. The number of carbonyl (C=O) groups excluding carboxylic acids is 1. The van der Waals surface area contributed by atoms with Gasteiger partial charge < -0.3 is 9.88 Å². The average Bonchev–Trinajstić information content (AvgIpc) is 2.99. The third-order valence-corrected chi connectivity index (χ3v) is 4.63. The molecule has 4 heteroatoms. The summed E-state index contributed by atoms with van der Waals surface area (Å²) < 4.78 is 3.52. The third-order valence-electron chi connectivity index (χ3n) is 3.55. The van der Waals surface area contributed by atoms with Gasteiger partial charge in [0.15, 0.2) is 0 Å². The zero-order valence-corrected chi connectivity index (χ0v) is 12.3. The number of carbonyl (C=O) groups is 1. The van der Waals surface area contributed by atoms with Gasteiger partial charge in [-0.25, -0.2) is 0 Å². The van der Waals surface area contributed by atoms with Crippen molar-refractivity contribution in [2.24, 2.45) is 5.92 Å². The molecule has 2 aromatic rings. The number of aromatic nitrogens is 1. The Bertz CT molecular complexity index is 561. The van der Waals surface area contributed by atoms with Crippen LogP contribution in [0.15, 0.2) is 18.5 Å². The Labute approximate surface area is 117 Å². The molecule has 2 heterocycles. The maximum absolute atomic E-state index is 12.0. The highest BCUT2D eigenvalue weighted by molar-refractivity contribution is 7.20. The molecular formula is C15H20N2OS. The fraction of sp³-hybridized carbons (Fsp3) is 0.533. The Kier molecular flexibility index (Phi) is 3.35. The normalized spacial score (nSPS) is 15.3. The molecule has 1 fully saturated rings. The van der Waals surface area contributed by atoms with Crippen LogP contribution in [0.3, 0.4) is 0 Å². The molecule has 1 amide bonds. The number of rotatable bonds is 5. The van der Waals surface area contributed by atoms with Gasteiger partial charge in [-0.3, -0.25) is 4.79 Å². The lowest BCUT2D eigenvalue weighted by atomic mass is 10.1. The van der Waals surface area contributed by atoms with E-state index in [-0.39, 0.29) is 5.91 Å². The quantitative estimate of drug-likeness (QED) is 0.885. The van der Waals surface area contributed by atoms with E-state index < -0.39 is 0 Å². The lowest BCUT2D eigenvalue weighted by Crippen LogP contribution is -2.24. The van der Waals surface area contributed by atoms with Crippen LogP contribution in [0.4, 0.5) is 0 Å². The molecule has 0 atom stereocenters. The highest BCUT2D eigenvalue weighted by Crippen LogP contribution is 2.38. The molecule has 1 aliphatic carbocycles. The zero-order valence-electron chi connectivity index (χ0n) is 11.5. The van der Waals surface area contributed by atoms with E-state index in [0.29, 0.717) is 12.0 Å². The second-order valence-electron chi connectivity index (χ2n) is 5.81. The van der Waals surface area contributed by atoms with Gasteiger partial charge in [0.1, 0.15) is 0 Å².